The summed E-state index contributed by atoms with van der Waals surface area (Å²) in [5.74, 6) is 3.75. The van der Waals surface area contributed by atoms with Crippen LogP contribution in [0.25, 0.3) is 0 Å². The van der Waals surface area contributed by atoms with Gasteiger partial charge in [-0.25, -0.2) is 4.89 Å². The molecule has 24 heavy (non-hydrogen) atoms. The van der Waals surface area contributed by atoms with E-state index in [-0.39, 0.29) is 17.1 Å². The Hall–Kier alpha value is -1.15. The molecule has 0 heterocycles. The van der Waals surface area contributed by atoms with Gasteiger partial charge in [-0.3, -0.25) is 10.1 Å². The normalized spacial score (nSPS) is 50.3. The quantitative estimate of drug-likeness (QED) is 0.440. The van der Waals surface area contributed by atoms with Gasteiger partial charge in [0, 0.05) is 11.8 Å². The van der Waals surface area contributed by atoms with Gasteiger partial charge in [0.25, 0.3) is 0 Å². The minimum absolute atomic E-state index is 0.138. The zero-order valence-electron chi connectivity index (χ0n) is 14.3. The third-order valence-electron chi connectivity index (χ3n) is 7.96. The first-order valence-corrected chi connectivity index (χ1v) is 9.17. The summed E-state index contributed by atoms with van der Waals surface area (Å²) in [7, 11) is 0. The molecule has 0 aliphatic heterocycles. The van der Waals surface area contributed by atoms with E-state index >= 15 is 0 Å². The lowest BCUT2D eigenvalue weighted by Gasteiger charge is -2.57. The highest BCUT2D eigenvalue weighted by Gasteiger charge is 2.65. The predicted molar refractivity (Wildman–Crippen MR) is 88.8 cm³/mol. The van der Waals surface area contributed by atoms with Gasteiger partial charge in [-0.1, -0.05) is 12.8 Å². The zero-order valence-corrected chi connectivity index (χ0v) is 14.3. The molecule has 4 rings (SSSR count). The summed E-state index contributed by atoms with van der Waals surface area (Å²) in [4.78, 5) is 17.0. The smallest absolute Gasteiger partial charge is 0.155 e. The molecule has 0 aromatic carbocycles. The molecule has 0 amide bonds. The van der Waals surface area contributed by atoms with Crippen LogP contribution in [0, 0.1) is 35.5 Å². The summed E-state index contributed by atoms with van der Waals surface area (Å²) in [5, 5.41) is 20.8. The number of rotatable bonds is 1. The zero-order chi connectivity index (χ0) is 17.2. The Labute approximate surface area is 143 Å². The molecule has 0 radical (unpaired) electrons. The van der Waals surface area contributed by atoms with Crippen molar-refractivity contribution >= 4 is 5.78 Å². The molecule has 3 fully saturated rings. The number of carbonyl (C=O) groups is 1. The Morgan fingerprint density at radius 2 is 1.96 bits per heavy atom. The van der Waals surface area contributed by atoms with E-state index in [1.165, 1.54) is 0 Å². The fourth-order valence-corrected chi connectivity index (χ4v) is 6.58. The molecule has 130 valence electrons. The number of fused-ring (bicyclic) bond motifs is 5. The predicted octanol–water partition coefficient (Wildman–Crippen LogP) is 3.10. The Morgan fingerprint density at radius 1 is 1.21 bits per heavy atom. The molecule has 4 aliphatic rings. The Balaban J connectivity index is 1.72. The molecule has 0 bridgehead atoms. The van der Waals surface area contributed by atoms with Gasteiger partial charge >= 0.3 is 0 Å². The van der Waals surface area contributed by atoms with E-state index in [0.717, 1.165) is 37.7 Å². The summed E-state index contributed by atoms with van der Waals surface area (Å²) in [6.07, 6.45) is 13.5. The third-order valence-corrected chi connectivity index (χ3v) is 7.96. The molecule has 4 aliphatic carbocycles. The molecule has 2 N–H and O–H groups in total. The first-order chi connectivity index (χ1) is 11.4. The maximum absolute atomic E-state index is 11.8. The largest absolute Gasteiger partial charge is 0.377 e. The molecule has 0 saturated heterocycles. The molecule has 4 nitrogen and oxygen atoms in total. The number of terminal acetylenes is 1. The second-order valence-corrected chi connectivity index (χ2v) is 8.53. The van der Waals surface area contributed by atoms with Crippen LogP contribution < -0.4 is 0 Å². The second-order valence-electron chi connectivity index (χ2n) is 8.53. The van der Waals surface area contributed by atoms with Gasteiger partial charge in [-0.05, 0) is 74.3 Å². The second kappa shape index (κ2) is 5.17. The van der Waals surface area contributed by atoms with Crippen molar-refractivity contribution < 1.29 is 20.0 Å². The Morgan fingerprint density at radius 3 is 2.67 bits per heavy atom. The van der Waals surface area contributed by atoms with Crippen LogP contribution in [0.5, 0.6) is 0 Å². The van der Waals surface area contributed by atoms with Crippen molar-refractivity contribution in [3.63, 3.8) is 0 Å². The van der Waals surface area contributed by atoms with Crippen LogP contribution >= 0.6 is 0 Å². The van der Waals surface area contributed by atoms with Crippen LogP contribution in [0.3, 0.4) is 0 Å². The lowest BCUT2D eigenvalue weighted by molar-refractivity contribution is -0.342. The molecule has 0 unspecified atom stereocenters. The molecule has 0 spiro atoms. The summed E-state index contributed by atoms with van der Waals surface area (Å²) >= 11 is 0. The van der Waals surface area contributed by atoms with Crippen LogP contribution in [0.2, 0.25) is 0 Å². The third kappa shape index (κ3) is 1.84. The summed E-state index contributed by atoms with van der Waals surface area (Å²) in [6.45, 7) is 2.14. The van der Waals surface area contributed by atoms with Gasteiger partial charge in [0.2, 0.25) is 0 Å². The van der Waals surface area contributed by atoms with Crippen LogP contribution in [-0.4, -0.2) is 27.3 Å². The lowest BCUT2D eigenvalue weighted by atomic mass is 9.49. The van der Waals surface area contributed by atoms with Gasteiger partial charge < -0.3 is 5.11 Å². The van der Waals surface area contributed by atoms with E-state index in [4.69, 9.17) is 11.3 Å². The van der Waals surface area contributed by atoms with Gasteiger partial charge in [-0.15, -0.1) is 6.42 Å². The maximum Gasteiger partial charge on any atom is 0.155 e. The van der Waals surface area contributed by atoms with E-state index in [9.17, 15) is 15.2 Å². The van der Waals surface area contributed by atoms with Gasteiger partial charge in [-0.2, -0.15) is 0 Å². The fraction of sp³-hybridized carbons (Fsp3) is 0.750. The molecule has 0 aromatic heterocycles. The van der Waals surface area contributed by atoms with E-state index in [0.29, 0.717) is 31.1 Å². The van der Waals surface area contributed by atoms with Crippen molar-refractivity contribution in [3.05, 3.63) is 11.6 Å². The van der Waals surface area contributed by atoms with Crippen molar-refractivity contribution in [1.29, 1.82) is 0 Å². The highest BCUT2D eigenvalue weighted by atomic mass is 17.1. The summed E-state index contributed by atoms with van der Waals surface area (Å²) in [6, 6.07) is 0. The monoisotopic (exact) mass is 330 g/mol. The lowest BCUT2D eigenvalue weighted by Crippen LogP contribution is -2.58. The van der Waals surface area contributed by atoms with Crippen LogP contribution in [0.4, 0.5) is 0 Å². The first kappa shape index (κ1) is 16.3. The van der Waals surface area contributed by atoms with Crippen LogP contribution in [-0.2, 0) is 9.68 Å². The minimum atomic E-state index is -1.02. The fourth-order valence-electron chi connectivity index (χ4n) is 6.58. The average Bonchev–Trinajstić information content (AvgIpc) is 2.86. The molecular formula is C20H26O4. The van der Waals surface area contributed by atoms with E-state index in [2.05, 4.69) is 12.8 Å². The van der Waals surface area contributed by atoms with E-state index in [1.807, 2.05) is 0 Å². The van der Waals surface area contributed by atoms with Crippen LogP contribution in [0.15, 0.2) is 11.6 Å². The number of carbonyl (C=O) groups excluding carboxylic acids is 1. The number of hydrogen-bond donors (Lipinski definition) is 2. The number of aliphatic hydroxyl groups is 1. The van der Waals surface area contributed by atoms with Crippen molar-refractivity contribution in [3.8, 4) is 12.3 Å². The standard InChI is InChI=1S/C20H26O4/c1-3-19(22)10-8-16-15-5-4-13-12-14(21)6-11-20(13,24-23)17(15)7-9-18(16,19)2/h1,12,15-17,22-23H,4-11H2,2H3/t15-,16+,17+,18+,19-,20+/m0/s1. The van der Waals surface area contributed by atoms with Gasteiger partial charge in [0.15, 0.2) is 5.78 Å². The van der Waals surface area contributed by atoms with Crippen molar-refractivity contribution in [2.24, 2.45) is 23.2 Å². The Kier molecular flexibility index (Phi) is 3.52. The average molecular weight is 330 g/mol. The van der Waals surface area contributed by atoms with Crippen molar-refractivity contribution in [2.45, 2.75) is 69.5 Å². The summed E-state index contributed by atoms with van der Waals surface area (Å²) < 4.78 is 0. The SMILES string of the molecule is C#C[C@]1(O)CC[C@@H]2[C@@H]3CCC4=CC(=O)CC[C@]4(OO)[C@@H]3CC[C@]21C. The van der Waals surface area contributed by atoms with Crippen LogP contribution in [0.1, 0.15) is 58.3 Å². The highest BCUT2D eigenvalue weighted by Crippen LogP contribution is 2.65. The molecule has 6 atom stereocenters. The highest BCUT2D eigenvalue weighted by molar-refractivity contribution is 5.92. The van der Waals surface area contributed by atoms with E-state index in [1.54, 1.807) is 6.08 Å². The van der Waals surface area contributed by atoms with Gasteiger partial charge in [0.1, 0.15) is 11.2 Å². The summed E-state index contributed by atoms with van der Waals surface area (Å²) in [5.41, 5.74) is -1.01. The number of hydrogen-bond acceptors (Lipinski definition) is 4. The van der Waals surface area contributed by atoms with E-state index < -0.39 is 11.2 Å². The maximum atomic E-state index is 11.8. The molecule has 3 saturated carbocycles. The Bertz CT molecular complexity index is 647. The molecule has 4 heteroatoms. The molecular weight excluding hydrogens is 304 g/mol. The van der Waals surface area contributed by atoms with Crippen molar-refractivity contribution in [1.82, 2.24) is 0 Å². The molecule has 0 aromatic rings. The minimum Gasteiger partial charge on any atom is -0.377 e. The first-order valence-electron chi connectivity index (χ1n) is 9.17. The van der Waals surface area contributed by atoms with Gasteiger partial charge in [0.05, 0.1) is 0 Å². The van der Waals surface area contributed by atoms with Crippen molar-refractivity contribution in [2.75, 3.05) is 0 Å². The topological polar surface area (TPSA) is 66.8 Å². The number of ketones is 1.